The number of thiocarbonyl (C=S) groups is 1. The molecule has 2 atom stereocenters. The number of hydrogen-bond acceptors (Lipinski definition) is 5. The quantitative estimate of drug-likeness (QED) is 0.505. The van der Waals surface area contributed by atoms with Crippen molar-refractivity contribution >= 4 is 17.3 Å². The van der Waals surface area contributed by atoms with E-state index in [1.54, 1.807) is 7.11 Å². The number of aromatic nitrogens is 2. The molecular weight excluding hydrogens is 458 g/mol. The molecular formula is C27H33N5O2S. The molecule has 0 amide bonds. The first-order valence-corrected chi connectivity index (χ1v) is 12.6. The van der Waals surface area contributed by atoms with Crippen LogP contribution in [0.25, 0.3) is 5.69 Å². The summed E-state index contributed by atoms with van der Waals surface area (Å²) in [5.74, 6) is 0.846. The van der Waals surface area contributed by atoms with Crippen molar-refractivity contribution in [3.8, 4) is 11.4 Å². The Morgan fingerprint density at radius 2 is 1.91 bits per heavy atom. The predicted octanol–water partition coefficient (Wildman–Crippen LogP) is 3.80. The van der Waals surface area contributed by atoms with E-state index in [-0.39, 0.29) is 12.1 Å². The molecule has 2 unspecified atom stereocenters. The Morgan fingerprint density at radius 1 is 1.09 bits per heavy atom. The summed E-state index contributed by atoms with van der Waals surface area (Å²) in [4.78, 5) is 9.50. The summed E-state index contributed by atoms with van der Waals surface area (Å²) < 4.78 is 13.3. The molecule has 1 N–H and O–H groups in total. The van der Waals surface area contributed by atoms with Crippen molar-refractivity contribution in [3.63, 3.8) is 0 Å². The van der Waals surface area contributed by atoms with Gasteiger partial charge in [-0.05, 0) is 62.0 Å². The SMILES string of the molecule is COc1cccc(-n2c(C)cc(C3C(c4ccccn4)NC(=S)N3CCN3CCOCC3)c2C)c1. The van der Waals surface area contributed by atoms with Crippen molar-refractivity contribution in [2.24, 2.45) is 0 Å². The molecule has 4 heterocycles. The minimum absolute atomic E-state index is 0.0207. The second-order valence-corrected chi connectivity index (χ2v) is 9.52. The molecule has 0 radical (unpaired) electrons. The average molecular weight is 492 g/mol. The Balaban J connectivity index is 1.52. The monoisotopic (exact) mass is 491 g/mol. The lowest BCUT2D eigenvalue weighted by molar-refractivity contribution is 0.0350. The van der Waals surface area contributed by atoms with E-state index in [9.17, 15) is 0 Å². The van der Waals surface area contributed by atoms with Gasteiger partial charge in [0.2, 0.25) is 0 Å². The van der Waals surface area contributed by atoms with Gasteiger partial charge in [-0.3, -0.25) is 9.88 Å². The van der Waals surface area contributed by atoms with Crippen molar-refractivity contribution < 1.29 is 9.47 Å². The summed E-state index contributed by atoms with van der Waals surface area (Å²) in [6.07, 6.45) is 1.85. The number of methoxy groups -OCH3 is 1. The Morgan fingerprint density at radius 3 is 2.66 bits per heavy atom. The van der Waals surface area contributed by atoms with Gasteiger partial charge in [-0.15, -0.1) is 0 Å². The summed E-state index contributed by atoms with van der Waals surface area (Å²) in [6.45, 7) is 9.67. The van der Waals surface area contributed by atoms with Crippen LogP contribution in [0.2, 0.25) is 0 Å². The highest BCUT2D eigenvalue weighted by molar-refractivity contribution is 7.80. The largest absolute Gasteiger partial charge is 0.497 e. The summed E-state index contributed by atoms with van der Waals surface area (Å²) in [7, 11) is 1.70. The van der Waals surface area contributed by atoms with Gasteiger partial charge in [0.1, 0.15) is 5.75 Å². The lowest BCUT2D eigenvalue weighted by atomic mass is 9.96. The Labute approximate surface area is 212 Å². The van der Waals surface area contributed by atoms with Gasteiger partial charge in [-0.2, -0.15) is 0 Å². The number of nitrogens with zero attached hydrogens (tertiary/aromatic N) is 4. The Hall–Kier alpha value is -2.94. The van der Waals surface area contributed by atoms with Gasteiger partial charge in [-0.1, -0.05) is 12.1 Å². The smallest absolute Gasteiger partial charge is 0.170 e. The van der Waals surface area contributed by atoms with Crippen LogP contribution in [-0.2, 0) is 4.74 Å². The van der Waals surface area contributed by atoms with Crippen molar-refractivity contribution in [2.45, 2.75) is 25.9 Å². The lowest BCUT2D eigenvalue weighted by Crippen LogP contribution is -2.42. The minimum Gasteiger partial charge on any atom is -0.497 e. The zero-order valence-electron chi connectivity index (χ0n) is 20.6. The normalized spacial score (nSPS) is 20.8. The first-order chi connectivity index (χ1) is 17.1. The van der Waals surface area contributed by atoms with E-state index < -0.39 is 0 Å². The maximum Gasteiger partial charge on any atom is 0.170 e. The summed E-state index contributed by atoms with van der Waals surface area (Å²) in [6, 6.07) is 16.6. The summed E-state index contributed by atoms with van der Waals surface area (Å²) >= 11 is 5.89. The number of hydrogen-bond donors (Lipinski definition) is 1. The molecule has 184 valence electrons. The molecule has 0 aliphatic carbocycles. The fraction of sp³-hybridized carbons (Fsp3) is 0.407. The van der Waals surface area contributed by atoms with E-state index in [0.29, 0.717) is 0 Å². The highest BCUT2D eigenvalue weighted by atomic mass is 32.1. The van der Waals surface area contributed by atoms with Crippen LogP contribution >= 0.6 is 12.2 Å². The van der Waals surface area contributed by atoms with Crippen LogP contribution in [0.3, 0.4) is 0 Å². The average Bonchev–Trinajstić information content (AvgIpc) is 3.38. The summed E-state index contributed by atoms with van der Waals surface area (Å²) in [5.41, 5.74) is 5.73. The van der Waals surface area contributed by atoms with Crippen molar-refractivity contribution in [1.29, 1.82) is 0 Å². The minimum atomic E-state index is -0.0207. The van der Waals surface area contributed by atoms with Crippen LogP contribution in [0, 0.1) is 13.8 Å². The van der Waals surface area contributed by atoms with Crippen molar-refractivity contribution in [2.75, 3.05) is 46.5 Å². The third-order valence-corrected chi connectivity index (χ3v) is 7.41. The molecule has 3 aromatic rings. The second-order valence-electron chi connectivity index (χ2n) is 9.14. The van der Waals surface area contributed by atoms with Crippen LogP contribution in [0.4, 0.5) is 0 Å². The molecule has 7 nitrogen and oxygen atoms in total. The van der Waals surface area contributed by atoms with Crippen molar-refractivity contribution in [3.05, 3.63) is 77.4 Å². The van der Waals surface area contributed by atoms with Crippen LogP contribution < -0.4 is 10.1 Å². The van der Waals surface area contributed by atoms with E-state index in [0.717, 1.165) is 61.6 Å². The van der Waals surface area contributed by atoms with Gasteiger partial charge in [0, 0.05) is 55.5 Å². The molecule has 2 aliphatic heterocycles. The standard InChI is InChI=1S/C27H33N5O2S/c1-19-17-23(20(2)32(19)21-7-6-8-22(18-21)33-3)26-25(24-9-4-5-10-28-24)29-27(35)31(26)12-11-30-13-15-34-16-14-30/h4-10,17-18,25-26H,11-16H2,1-3H3,(H,29,35). The summed E-state index contributed by atoms with van der Waals surface area (Å²) in [5, 5.41) is 4.38. The molecule has 1 aromatic carbocycles. The Bertz CT molecular complexity index is 1180. The van der Waals surface area contributed by atoms with Crippen LogP contribution in [0.5, 0.6) is 5.75 Å². The van der Waals surface area contributed by atoms with E-state index in [2.05, 4.69) is 57.8 Å². The number of pyridine rings is 1. The van der Waals surface area contributed by atoms with Crippen LogP contribution in [-0.4, -0.2) is 71.0 Å². The van der Waals surface area contributed by atoms with E-state index >= 15 is 0 Å². The zero-order valence-corrected chi connectivity index (χ0v) is 21.4. The second kappa shape index (κ2) is 10.4. The molecule has 0 spiro atoms. The predicted molar refractivity (Wildman–Crippen MR) is 141 cm³/mol. The number of ether oxygens (including phenoxy) is 2. The zero-order chi connectivity index (χ0) is 24.4. The fourth-order valence-corrected chi connectivity index (χ4v) is 5.62. The van der Waals surface area contributed by atoms with Crippen LogP contribution in [0.1, 0.15) is 34.7 Å². The van der Waals surface area contributed by atoms with E-state index in [1.807, 2.05) is 30.5 Å². The highest BCUT2D eigenvalue weighted by Gasteiger charge is 2.41. The maximum atomic E-state index is 5.89. The third-order valence-electron chi connectivity index (χ3n) is 7.06. The molecule has 35 heavy (non-hydrogen) atoms. The topological polar surface area (TPSA) is 54.8 Å². The number of morpholine rings is 1. The van der Waals surface area contributed by atoms with Gasteiger partial charge in [0.15, 0.2) is 5.11 Å². The fourth-order valence-electron chi connectivity index (χ4n) is 5.29. The lowest BCUT2D eigenvalue weighted by Gasteiger charge is -2.32. The van der Waals surface area contributed by atoms with Gasteiger partial charge >= 0.3 is 0 Å². The van der Waals surface area contributed by atoms with Gasteiger partial charge < -0.3 is 24.3 Å². The molecule has 2 fully saturated rings. The molecule has 0 saturated carbocycles. The number of nitrogens with one attached hydrogen (secondary N) is 1. The van der Waals surface area contributed by atoms with Gasteiger partial charge in [0.05, 0.1) is 38.1 Å². The molecule has 8 heteroatoms. The molecule has 2 aliphatic rings. The van der Waals surface area contributed by atoms with E-state index in [1.165, 1.54) is 17.0 Å². The Kier molecular flexibility index (Phi) is 7.04. The van der Waals surface area contributed by atoms with E-state index in [4.69, 9.17) is 26.7 Å². The van der Waals surface area contributed by atoms with Crippen LogP contribution in [0.15, 0.2) is 54.7 Å². The highest BCUT2D eigenvalue weighted by Crippen LogP contribution is 2.41. The molecule has 2 saturated heterocycles. The van der Waals surface area contributed by atoms with Gasteiger partial charge in [-0.25, -0.2) is 0 Å². The first-order valence-electron chi connectivity index (χ1n) is 12.2. The molecule has 2 aromatic heterocycles. The number of aryl methyl sites for hydroxylation is 1. The number of benzene rings is 1. The van der Waals surface area contributed by atoms with Gasteiger partial charge in [0.25, 0.3) is 0 Å². The molecule has 5 rings (SSSR count). The first kappa shape index (κ1) is 23.8. The maximum absolute atomic E-state index is 5.89. The molecule has 0 bridgehead atoms. The number of rotatable bonds is 7. The van der Waals surface area contributed by atoms with Crippen molar-refractivity contribution in [1.82, 2.24) is 24.7 Å². The third kappa shape index (κ3) is 4.78.